The first-order valence-electron chi connectivity index (χ1n) is 7.43. The number of terminal acetylenes is 1. The highest BCUT2D eigenvalue weighted by Crippen LogP contribution is 2.19. The molecule has 0 radical (unpaired) electrons. The van der Waals surface area contributed by atoms with Gasteiger partial charge in [-0.15, -0.1) is 6.42 Å². The Morgan fingerprint density at radius 3 is 2.91 bits per heavy atom. The third-order valence-corrected chi connectivity index (χ3v) is 3.51. The van der Waals surface area contributed by atoms with Gasteiger partial charge in [-0.2, -0.15) is 0 Å². The van der Waals surface area contributed by atoms with Gasteiger partial charge in [0.15, 0.2) is 0 Å². The van der Waals surface area contributed by atoms with Crippen LogP contribution in [0.15, 0.2) is 24.3 Å². The van der Waals surface area contributed by atoms with Crippen LogP contribution in [0.25, 0.3) is 0 Å². The highest BCUT2D eigenvalue weighted by molar-refractivity contribution is 6.03. The number of anilines is 1. The van der Waals surface area contributed by atoms with Crippen LogP contribution in [0.1, 0.15) is 36.0 Å². The molecule has 1 heterocycles. The second-order valence-electron chi connectivity index (χ2n) is 5.15. The van der Waals surface area contributed by atoms with Crippen molar-refractivity contribution in [3.05, 3.63) is 29.8 Å². The highest BCUT2D eigenvalue weighted by atomic mass is 16.5. The van der Waals surface area contributed by atoms with E-state index in [0.29, 0.717) is 24.1 Å². The van der Waals surface area contributed by atoms with Gasteiger partial charge in [0.1, 0.15) is 0 Å². The van der Waals surface area contributed by atoms with E-state index in [1.807, 2.05) is 0 Å². The summed E-state index contributed by atoms with van der Waals surface area (Å²) in [5.41, 5.74) is 0.901. The van der Waals surface area contributed by atoms with Gasteiger partial charge >= 0.3 is 0 Å². The first-order valence-corrected chi connectivity index (χ1v) is 7.43. The van der Waals surface area contributed by atoms with Crippen LogP contribution in [0.5, 0.6) is 0 Å². The van der Waals surface area contributed by atoms with Crippen LogP contribution in [0.2, 0.25) is 0 Å². The Labute approximate surface area is 130 Å². The maximum Gasteiger partial charge on any atom is 0.254 e. The monoisotopic (exact) mass is 300 g/mol. The van der Waals surface area contributed by atoms with Crippen molar-refractivity contribution in [1.29, 1.82) is 0 Å². The lowest BCUT2D eigenvalue weighted by Gasteiger charge is -2.12. The van der Waals surface area contributed by atoms with Crippen LogP contribution in [0, 0.1) is 12.3 Å². The lowest BCUT2D eigenvalue weighted by Crippen LogP contribution is -2.25. The van der Waals surface area contributed by atoms with E-state index in [2.05, 4.69) is 16.6 Å². The third-order valence-electron chi connectivity index (χ3n) is 3.51. The Bertz CT molecular complexity index is 572. The lowest BCUT2D eigenvalue weighted by molar-refractivity contribution is -0.116. The Morgan fingerprint density at radius 1 is 1.36 bits per heavy atom. The molecule has 1 aliphatic rings. The summed E-state index contributed by atoms with van der Waals surface area (Å²) >= 11 is 0. The normalized spacial score (nSPS) is 16.8. The maximum atomic E-state index is 12.0. The quantitative estimate of drug-likeness (QED) is 0.789. The van der Waals surface area contributed by atoms with E-state index >= 15 is 0 Å². The van der Waals surface area contributed by atoms with Crippen molar-refractivity contribution >= 4 is 17.5 Å². The van der Waals surface area contributed by atoms with Crippen molar-refractivity contribution in [2.45, 2.75) is 31.8 Å². The van der Waals surface area contributed by atoms with Crippen molar-refractivity contribution in [3.63, 3.8) is 0 Å². The molecular formula is C17H20N2O3. The average molecular weight is 300 g/mol. The van der Waals surface area contributed by atoms with Gasteiger partial charge in [0.25, 0.3) is 5.91 Å². The molecule has 116 valence electrons. The van der Waals surface area contributed by atoms with Gasteiger partial charge in [-0.1, -0.05) is 18.1 Å². The molecule has 0 spiro atoms. The molecular weight excluding hydrogens is 280 g/mol. The second-order valence-corrected chi connectivity index (χ2v) is 5.15. The number of para-hydroxylation sites is 1. The van der Waals surface area contributed by atoms with Crippen molar-refractivity contribution in [2.24, 2.45) is 0 Å². The summed E-state index contributed by atoms with van der Waals surface area (Å²) in [5.74, 6) is 1.93. The molecule has 1 aromatic carbocycles. The van der Waals surface area contributed by atoms with Crippen LogP contribution in [-0.2, 0) is 9.53 Å². The molecule has 2 amide bonds. The largest absolute Gasteiger partial charge is 0.378 e. The van der Waals surface area contributed by atoms with E-state index in [-0.39, 0.29) is 24.5 Å². The van der Waals surface area contributed by atoms with Crippen molar-refractivity contribution in [3.8, 4) is 12.3 Å². The lowest BCUT2D eigenvalue weighted by atomic mass is 10.1. The number of hydrogen-bond acceptors (Lipinski definition) is 3. The van der Waals surface area contributed by atoms with E-state index in [1.165, 1.54) is 0 Å². The Hall–Kier alpha value is -2.32. The number of nitrogens with one attached hydrogen (secondary N) is 2. The summed E-state index contributed by atoms with van der Waals surface area (Å²) < 4.78 is 5.50. The summed E-state index contributed by atoms with van der Waals surface area (Å²) in [6, 6.07) is 6.87. The van der Waals surface area contributed by atoms with Gasteiger partial charge in [0, 0.05) is 13.0 Å². The fourth-order valence-electron chi connectivity index (χ4n) is 2.39. The predicted octanol–water partition coefficient (Wildman–Crippen LogP) is 1.95. The zero-order valence-electron chi connectivity index (χ0n) is 12.4. The molecule has 1 unspecified atom stereocenters. The average Bonchev–Trinajstić information content (AvgIpc) is 3.04. The Balaban J connectivity index is 1.92. The first-order chi connectivity index (χ1) is 10.7. The van der Waals surface area contributed by atoms with Gasteiger partial charge in [0.2, 0.25) is 5.91 Å². The summed E-state index contributed by atoms with van der Waals surface area (Å²) in [7, 11) is 0. The summed E-state index contributed by atoms with van der Waals surface area (Å²) in [5, 5.41) is 5.38. The van der Waals surface area contributed by atoms with E-state index in [9.17, 15) is 9.59 Å². The molecule has 1 aromatic rings. The van der Waals surface area contributed by atoms with Crippen LogP contribution < -0.4 is 10.6 Å². The maximum absolute atomic E-state index is 12.0. The van der Waals surface area contributed by atoms with Gasteiger partial charge in [0.05, 0.1) is 23.9 Å². The number of amides is 2. The van der Waals surface area contributed by atoms with Crippen LogP contribution in [-0.4, -0.2) is 31.1 Å². The van der Waals surface area contributed by atoms with Crippen molar-refractivity contribution in [1.82, 2.24) is 5.32 Å². The molecule has 5 nitrogen and oxygen atoms in total. The standard InChI is InChI=1S/C17H20N2O3/c1-2-11-18-17(21)14-7-3-4-8-15(14)19-16(20)10-9-13-6-5-12-22-13/h1,3-4,7-8,13H,5-6,9-12H2,(H,18,21)(H,19,20). The predicted molar refractivity (Wildman–Crippen MR) is 84.4 cm³/mol. The molecule has 2 rings (SSSR count). The fraction of sp³-hybridized carbons (Fsp3) is 0.412. The zero-order chi connectivity index (χ0) is 15.8. The molecule has 0 bridgehead atoms. The SMILES string of the molecule is C#CCNC(=O)c1ccccc1NC(=O)CCC1CCCO1. The Morgan fingerprint density at radius 2 is 2.18 bits per heavy atom. The molecule has 0 aliphatic carbocycles. The molecule has 1 fully saturated rings. The van der Waals surface area contributed by atoms with Gasteiger partial charge in [-0.3, -0.25) is 9.59 Å². The molecule has 0 aromatic heterocycles. The summed E-state index contributed by atoms with van der Waals surface area (Å²) in [6.45, 7) is 0.935. The molecule has 1 saturated heterocycles. The zero-order valence-corrected chi connectivity index (χ0v) is 12.4. The molecule has 5 heteroatoms. The van der Waals surface area contributed by atoms with E-state index in [0.717, 1.165) is 19.4 Å². The van der Waals surface area contributed by atoms with Gasteiger partial charge < -0.3 is 15.4 Å². The number of carbonyl (C=O) groups excluding carboxylic acids is 2. The van der Waals surface area contributed by atoms with Crippen LogP contribution >= 0.6 is 0 Å². The Kier molecular flexibility index (Phi) is 5.99. The fourth-order valence-corrected chi connectivity index (χ4v) is 2.39. The van der Waals surface area contributed by atoms with Gasteiger partial charge in [-0.05, 0) is 31.4 Å². The minimum absolute atomic E-state index is 0.118. The molecule has 1 atom stereocenters. The third kappa shape index (κ3) is 4.61. The molecule has 1 aliphatic heterocycles. The molecule has 0 saturated carbocycles. The van der Waals surface area contributed by atoms with Crippen molar-refractivity contribution < 1.29 is 14.3 Å². The number of rotatable bonds is 6. The number of benzene rings is 1. The number of hydrogen-bond donors (Lipinski definition) is 2. The van der Waals surface area contributed by atoms with E-state index in [4.69, 9.17) is 11.2 Å². The first kappa shape index (κ1) is 16.1. The molecule has 22 heavy (non-hydrogen) atoms. The van der Waals surface area contributed by atoms with E-state index < -0.39 is 0 Å². The molecule has 2 N–H and O–H groups in total. The van der Waals surface area contributed by atoms with Crippen molar-refractivity contribution in [2.75, 3.05) is 18.5 Å². The van der Waals surface area contributed by atoms with Gasteiger partial charge in [-0.25, -0.2) is 0 Å². The topological polar surface area (TPSA) is 67.4 Å². The van der Waals surface area contributed by atoms with Crippen LogP contribution in [0.3, 0.4) is 0 Å². The van der Waals surface area contributed by atoms with E-state index in [1.54, 1.807) is 24.3 Å². The second kappa shape index (κ2) is 8.20. The summed E-state index contributed by atoms with van der Waals surface area (Å²) in [6.07, 6.45) is 8.46. The minimum atomic E-state index is -0.298. The smallest absolute Gasteiger partial charge is 0.254 e. The summed E-state index contributed by atoms with van der Waals surface area (Å²) in [4.78, 5) is 24.0. The van der Waals surface area contributed by atoms with Crippen LogP contribution in [0.4, 0.5) is 5.69 Å². The minimum Gasteiger partial charge on any atom is -0.378 e. The highest BCUT2D eigenvalue weighted by Gasteiger charge is 2.17. The number of ether oxygens (including phenoxy) is 1. The number of carbonyl (C=O) groups is 2.